The van der Waals surface area contributed by atoms with Gasteiger partial charge in [-0.2, -0.15) is 0 Å². The van der Waals surface area contributed by atoms with Crippen LogP contribution in [0.4, 0.5) is 0 Å². The van der Waals surface area contributed by atoms with Crippen molar-refractivity contribution in [3.05, 3.63) is 23.7 Å². The Balaban J connectivity index is 1.70. The van der Waals surface area contributed by atoms with Crippen LogP contribution in [0.2, 0.25) is 0 Å². The van der Waals surface area contributed by atoms with Gasteiger partial charge < -0.3 is 9.73 Å². The third-order valence-electron chi connectivity index (χ3n) is 4.35. The first-order valence-corrected chi connectivity index (χ1v) is 8.68. The minimum Gasteiger partial charge on any atom is -0.463 e. The van der Waals surface area contributed by atoms with Crippen LogP contribution in [0.3, 0.4) is 0 Å². The highest BCUT2D eigenvalue weighted by Crippen LogP contribution is 2.23. The number of nitrogens with zero attached hydrogens (tertiary/aromatic N) is 1. The zero-order valence-corrected chi connectivity index (χ0v) is 14.0. The summed E-state index contributed by atoms with van der Waals surface area (Å²) in [6.45, 7) is 12.1. The molecule has 0 bridgehead atoms. The SMILES string of the molecule is CCCC1CCN(Cc2ccc(CNCC(C)C)o2)CC1. The first kappa shape index (κ1) is 16.6. The molecule has 3 heteroatoms. The maximum Gasteiger partial charge on any atom is 0.118 e. The second kappa shape index (κ2) is 8.60. The van der Waals surface area contributed by atoms with Crippen molar-refractivity contribution in [2.45, 2.75) is 59.5 Å². The largest absolute Gasteiger partial charge is 0.463 e. The van der Waals surface area contributed by atoms with Crippen LogP contribution in [0.15, 0.2) is 16.5 Å². The molecule has 0 spiro atoms. The van der Waals surface area contributed by atoms with Crippen molar-refractivity contribution < 1.29 is 4.42 Å². The Labute approximate surface area is 130 Å². The van der Waals surface area contributed by atoms with Crippen LogP contribution in [0.25, 0.3) is 0 Å². The second-order valence-electron chi connectivity index (χ2n) is 6.90. The molecule has 1 aliphatic heterocycles. The molecule has 1 aliphatic rings. The summed E-state index contributed by atoms with van der Waals surface area (Å²) >= 11 is 0. The molecule has 0 saturated carbocycles. The number of rotatable bonds is 8. The predicted molar refractivity (Wildman–Crippen MR) is 88.2 cm³/mol. The Morgan fingerprint density at radius 3 is 2.62 bits per heavy atom. The van der Waals surface area contributed by atoms with Gasteiger partial charge in [0.2, 0.25) is 0 Å². The molecule has 3 nitrogen and oxygen atoms in total. The van der Waals surface area contributed by atoms with E-state index >= 15 is 0 Å². The van der Waals surface area contributed by atoms with Crippen LogP contribution in [0, 0.1) is 11.8 Å². The molecule has 2 rings (SSSR count). The summed E-state index contributed by atoms with van der Waals surface area (Å²) in [7, 11) is 0. The van der Waals surface area contributed by atoms with E-state index in [1.807, 2.05) is 0 Å². The Morgan fingerprint density at radius 1 is 1.24 bits per heavy atom. The number of hydrogen-bond acceptors (Lipinski definition) is 3. The zero-order valence-electron chi connectivity index (χ0n) is 14.0. The average Bonchev–Trinajstić information content (AvgIpc) is 2.88. The highest BCUT2D eigenvalue weighted by atomic mass is 16.3. The van der Waals surface area contributed by atoms with E-state index in [0.29, 0.717) is 5.92 Å². The fourth-order valence-corrected chi connectivity index (χ4v) is 3.15. The molecule has 21 heavy (non-hydrogen) atoms. The summed E-state index contributed by atoms with van der Waals surface area (Å²) < 4.78 is 5.94. The lowest BCUT2D eigenvalue weighted by Gasteiger charge is -2.31. The van der Waals surface area contributed by atoms with Crippen molar-refractivity contribution in [3.63, 3.8) is 0 Å². The Bertz CT molecular complexity index is 392. The standard InChI is InChI=1S/C18H32N2O/c1-4-5-16-8-10-20(11-9-16)14-18-7-6-17(21-18)13-19-12-15(2)3/h6-7,15-16,19H,4-5,8-14H2,1-3H3. The topological polar surface area (TPSA) is 28.4 Å². The van der Waals surface area contributed by atoms with Gasteiger partial charge in [0.15, 0.2) is 0 Å². The van der Waals surface area contributed by atoms with Gasteiger partial charge >= 0.3 is 0 Å². The summed E-state index contributed by atoms with van der Waals surface area (Å²) in [5, 5.41) is 3.43. The molecule has 1 fully saturated rings. The van der Waals surface area contributed by atoms with Gasteiger partial charge in [0.25, 0.3) is 0 Å². The Morgan fingerprint density at radius 2 is 1.95 bits per heavy atom. The van der Waals surface area contributed by atoms with E-state index in [1.165, 1.54) is 38.8 Å². The number of likely N-dealkylation sites (tertiary alicyclic amines) is 1. The summed E-state index contributed by atoms with van der Waals surface area (Å²) in [4.78, 5) is 2.54. The fourth-order valence-electron chi connectivity index (χ4n) is 3.15. The molecule has 1 aromatic heterocycles. The number of hydrogen-bond donors (Lipinski definition) is 1. The van der Waals surface area contributed by atoms with Gasteiger partial charge in [-0.15, -0.1) is 0 Å². The van der Waals surface area contributed by atoms with E-state index < -0.39 is 0 Å². The van der Waals surface area contributed by atoms with E-state index in [2.05, 4.69) is 43.1 Å². The van der Waals surface area contributed by atoms with Gasteiger partial charge in [-0.1, -0.05) is 33.6 Å². The minimum atomic E-state index is 0.684. The summed E-state index contributed by atoms with van der Waals surface area (Å²) in [5.74, 6) is 3.82. The molecular formula is C18H32N2O. The third kappa shape index (κ3) is 5.84. The Hall–Kier alpha value is -0.800. The smallest absolute Gasteiger partial charge is 0.118 e. The number of nitrogens with one attached hydrogen (secondary N) is 1. The van der Waals surface area contributed by atoms with Gasteiger partial charge in [0.05, 0.1) is 13.1 Å². The second-order valence-corrected chi connectivity index (χ2v) is 6.90. The molecule has 0 aromatic carbocycles. The maximum absolute atomic E-state index is 5.94. The van der Waals surface area contributed by atoms with Crippen molar-refractivity contribution in [2.24, 2.45) is 11.8 Å². The van der Waals surface area contributed by atoms with Crippen molar-refractivity contribution in [1.29, 1.82) is 0 Å². The van der Waals surface area contributed by atoms with E-state index in [-0.39, 0.29) is 0 Å². The molecule has 0 amide bonds. The van der Waals surface area contributed by atoms with E-state index in [9.17, 15) is 0 Å². The van der Waals surface area contributed by atoms with Crippen LogP contribution < -0.4 is 5.32 Å². The van der Waals surface area contributed by atoms with E-state index in [1.54, 1.807) is 0 Å². The molecule has 0 unspecified atom stereocenters. The molecule has 1 aromatic rings. The molecule has 0 atom stereocenters. The van der Waals surface area contributed by atoms with Gasteiger partial charge in [-0.25, -0.2) is 0 Å². The summed E-state index contributed by atoms with van der Waals surface area (Å²) in [6, 6.07) is 4.26. The van der Waals surface area contributed by atoms with Crippen molar-refractivity contribution in [2.75, 3.05) is 19.6 Å². The van der Waals surface area contributed by atoms with Crippen LogP contribution in [-0.4, -0.2) is 24.5 Å². The van der Waals surface area contributed by atoms with Crippen LogP contribution in [0.5, 0.6) is 0 Å². The van der Waals surface area contributed by atoms with Crippen LogP contribution in [0.1, 0.15) is 58.0 Å². The molecular weight excluding hydrogens is 260 g/mol. The third-order valence-corrected chi connectivity index (χ3v) is 4.35. The highest BCUT2D eigenvalue weighted by molar-refractivity contribution is 5.07. The van der Waals surface area contributed by atoms with Crippen LogP contribution >= 0.6 is 0 Å². The highest BCUT2D eigenvalue weighted by Gasteiger charge is 2.19. The molecule has 120 valence electrons. The average molecular weight is 292 g/mol. The zero-order chi connectivity index (χ0) is 15.1. The monoisotopic (exact) mass is 292 g/mol. The van der Waals surface area contributed by atoms with Gasteiger partial charge in [-0.05, 0) is 56.4 Å². The normalized spacial score (nSPS) is 17.7. The van der Waals surface area contributed by atoms with E-state index in [0.717, 1.165) is 37.1 Å². The maximum atomic E-state index is 5.94. The van der Waals surface area contributed by atoms with Gasteiger partial charge in [-0.3, -0.25) is 4.90 Å². The van der Waals surface area contributed by atoms with Crippen LogP contribution in [-0.2, 0) is 13.1 Å². The lowest BCUT2D eigenvalue weighted by molar-refractivity contribution is 0.160. The van der Waals surface area contributed by atoms with Crippen molar-refractivity contribution in [1.82, 2.24) is 10.2 Å². The molecule has 1 N–H and O–H groups in total. The predicted octanol–water partition coefficient (Wildman–Crippen LogP) is 4.04. The summed E-state index contributed by atoms with van der Waals surface area (Å²) in [6.07, 6.45) is 5.45. The Kier molecular flexibility index (Phi) is 6.78. The minimum absolute atomic E-state index is 0.684. The lowest BCUT2D eigenvalue weighted by atomic mass is 9.92. The summed E-state index contributed by atoms with van der Waals surface area (Å²) in [5.41, 5.74) is 0. The van der Waals surface area contributed by atoms with E-state index in [4.69, 9.17) is 4.42 Å². The first-order chi connectivity index (χ1) is 10.2. The van der Waals surface area contributed by atoms with Crippen molar-refractivity contribution in [3.8, 4) is 0 Å². The molecule has 0 aliphatic carbocycles. The number of piperidine rings is 1. The molecule has 0 radical (unpaired) electrons. The van der Waals surface area contributed by atoms with Crippen molar-refractivity contribution >= 4 is 0 Å². The number of furan rings is 1. The lowest BCUT2D eigenvalue weighted by Crippen LogP contribution is -2.33. The molecule has 1 saturated heterocycles. The quantitative estimate of drug-likeness (QED) is 0.784. The fraction of sp³-hybridized carbons (Fsp3) is 0.778. The van der Waals surface area contributed by atoms with Gasteiger partial charge in [0, 0.05) is 0 Å². The van der Waals surface area contributed by atoms with Gasteiger partial charge in [0.1, 0.15) is 11.5 Å². The first-order valence-electron chi connectivity index (χ1n) is 8.68. The molecule has 2 heterocycles.